The van der Waals surface area contributed by atoms with Gasteiger partial charge >= 0.3 is 0 Å². The van der Waals surface area contributed by atoms with Gasteiger partial charge in [0, 0.05) is 44.8 Å². The molecule has 4 rings (SSSR count). The highest BCUT2D eigenvalue weighted by Gasteiger charge is 2.29. The Bertz CT molecular complexity index is 1380. The first kappa shape index (κ1) is 30.5. The molecule has 9 nitrogen and oxygen atoms in total. The maximum absolute atomic E-state index is 13.6. The molecule has 0 spiro atoms. The Labute approximate surface area is 242 Å². The van der Waals surface area contributed by atoms with Crippen LogP contribution in [0.2, 0.25) is 0 Å². The van der Waals surface area contributed by atoms with Crippen LogP contribution in [0.3, 0.4) is 0 Å². The zero-order chi connectivity index (χ0) is 29.4. The molecule has 0 N–H and O–H groups in total. The molecular weight excluding hydrogens is 543 g/mol. The predicted octanol–water partition coefficient (Wildman–Crippen LogP) is 3.66. The van der Waals surface area contributed by atoms with Gasteiger partial charge in [-0.1, -0.05) is 31.5 Å². The first-order valence-corrected chi connectivity index (χ1v) is 15.6. The van der Waals surface area contributed by atoms with E-state index in [0.29, 0.717) is 44.2 Å². The number of halogens is 1. The van der Waals surface area contributed by atoms with Crippen molar-refractivity contribution in [2.45, 2.75) is 32.1 Å². The van der Waals surface area contributed by atoms with Gasteiger partial charge in [0.1, 0.15) is 5.82 Å². The number of carbonyl (C=O) groups excluding carboxylic acids is 1. The number of anilines is 1. The summed E-state index contributed by atoms with van der Waals surface area (Å²) in [7, 11) is -3.85. The molecule has 3 aromatic rings. The molecule has 2 heterocycles. The highest BCUT2D eigenvalue weighted by atomic mass is 32.2. The SMILES string of the molecule is CCN(CC)CCN(CC(=O)N1CCCN(c2ccc(-c3ccc(F)cc3)nn2)CC1)S(=O)(=O)c1ccc(C)cc1. The first-order chi connectivity index (χ1) is 19.7. The van der Waals surface area contributed by atoms with E-state index in [2.05, 4.69) is 20.0 Å². The van der Waals surface area contributed by atoms with E-state index in [0.717, 1.165) is 30.6 Å². The fourth-order valence-electron chi connectivity index (χ4n) is 4.85. The lowest BCUT2D eigenvalue weighted by Gasteiger charge is -2.28. The third kappa shape index (κ3) is 7.87. The van der Waals surface area contributed by atoms with Gasteiger partial charge < -0.3 is 14.7 Å². The second-order valence-corrected chi connectivity index (χ2v) is 12.1. The van der Waals surface area contributed by atoms with Gasteiger partial charge in [-0.2, -0.15) is 4.31 Å². The van der Waals surface area contributed by atoms with Crippen molar-refractivity contribution in [1.82, 2.24) is 24.3 Å². The molecule has 1 saturated heterocycles. The van der Waals surface area contributed by atoms with Crippen LogP contribution in [0.25, 0.3) is 11.3 Å². The second kappa shape index (κ2) is 14.0. The molecule has 0 unspecified atom stereocenters. The van der Waals surface area contributed by atoms with Crippen LogP contribution in [0.5, 0.6) is 0 Å². The summed E-state index contributed by atoms with van der Waals surface area (Å²) in [5.74, 6) is 0.189. The van der Waals surface area contributed by atoms with Crippen molar-refractivity contribution in [3.8, 4) is 11.3 Å². The lowest BCUT2D eigenvalue weighted by atomic mass is 10.1. The Morgan fingerprint density at radius 2 is 1.59 bits per heavy atom. The van der Waals surface area contributed by atoms with Gasteiger partial charge in [0.2, 0.25) is 15.9 Å². The van der Waals surface area contributed by atoms with Crippen molar-refractivity contribution < 1.29 is 17.6 Å². The lowest BCUT2D eigenvalue weighted by molar-refractivity contribution is -0.131. The van der Waals surface area contributed by atoms with E-state index < -0.39 is 10.0 Å². The zero-order valence-electron chi connectivity index (χ0n) is 24.0. The standard InChI is InChI=1S/C30H39FN6O3S/c1-4-34(5-2)19-22-37(41(39,40)27-13-7-24(3)8-14-27)23-30(38)36-18-6-17-35(20-21-36)29-16-15-28(32-33-29)25-9-11-26(31)12-10-25/h7-16H,4-6,17-23H2,1-3H3. The van der Waals surface area contributed by atoms with Gasteiger partial charge in [0.15, 0.2) is 5.82 Å². The largest absolute Gasteiger partial charge is 0.353 e. The van der Waals surface area contributed by atoms with Gasteiger partial charge in [-0.3, -0.25) is 4.79 Å². The molecule has 220 valence electrons. The number of hydrogen-bond acceptors (Lipinski definition) is 7. The molecule has 0 bridgehead atoms. The van der Waals surface area contributed by atoms with Crippen LogP contribution in [0.1, 0.15) is 25.8 Å². The van der Waals surface area contributed by atoms with E-state index in [1.165, 1.54) is 16.4 Å². The normalized spacial score (nSPS) is 14.5. The molecule has 11 heteroatoms. The maximum atomic E-state index is 13.6. The van der Waals surface area contributed by atoms with Crippen LogP contribution in [-0.2, 0) is 14.8 Å². The summed E-state index contributed by atoms with van der Waals surface area (Å²) in [5.41, 5.74) is 2.41. The Morgan fingerprint density at radius 3 is 2.22 bits per heavy atom. The van der Waals surface area contributed by atoms with Crippen LogP contribution in [0, 0.1) is 12.7 Å². The number of sulfonamides is 1. The summed E-state index contributed by atoms with van der Waals surface area (Å²) in [6.07, 6.45) is 0.720. The molecule has 0 atom stereocenters. The van der Waals surface area contributed by atoms with Crippen molar-refractivity contribution >= 4 is 21.7 Å². The molecule has 2 aromatic carbocycles. The Balaban J connectivity index is 1.43. The van der Waals surface area contributed by atoms with Crippen molar-refractivity contribution in [2.75, 3.05) is 63.8 Å². The number of hydrogen-bond donors (Lipinski definition) is 0. The third-order valence-electron chi connectivity index (χ3n) is 7.49. The topological polar surface area (TPSA) is 89.9 Å². The van der Waals surface area contributed by atoms with Gasteiger partial charge in [-0.15, -0.1) is 10.2 Å². The number of nitrogens with zero attached hydrogens (tertiary/aromatic N) is 6. The number of likely N-dealkylation sites (N-methyl/N-ethyl adjacent to an activating group) is 1. The zero-order valence-corrected chi connectivity index (χ0v) is 24.9. The highest BCUT2D eigenvalue weighted by Crippen LogP contribution is 2.21. The predicted molar refractivity (Wildman–Crippen MR) is 159 cm³/mol. The molecule has 41 heavy (non-hydrogen) atoms. The van der Waals surface area contributed by atoms with Crippen molar-refractivity contribution in [3.05, 3.63) is 72.0 Å². The van der Waals surface area contributed by atoms with E-state index in [-0.39, 0.29) is 29.7 Å². The van der Waals surface area contributed by atoms with Crippen molar-refractivity contribution in [1.29, 1.82) is 0 Å². The first-order valence-electron chi connectivity index (χ1n) is 14.1. The Hall–Kier alpha value is -3.41. The molecule has 1 amide bonds. The average Bonchev–Trinajstić information content (AvgIpc) is 3.24. The summed E-state index contributed by atoms with van der Waals surface area (Å²) in [6, 6.07) is 16.6. The fraction of sp³-hybridized carbons (Fsp3) is 0.433. The van der Waals surface area contributed by atoms with E-state index in [4.69, 9.17) is 0 Å². The fourth-order valence-corrected chi connectivity index (χ4v) is 6.23. The monoisotopic (exact) mass is 582 g/mol. The molecule has 1 aromatic heterocycles. The average molecular weight is 583 g/mol. The van der Waals surface area contributed by atoms with Crippen molar-refractivity contribution in [2.24, 2.45) is 0 Å². The quantitative estimate of drug-likeness (QED) is 0.341. The lowest BCUT2D eigenvalue weighted by Crippen LogP contribution is -2.46. The van der Waals surface area contributed by atoms with Crippen LogP contribution in [0.4, 0.5) is 10.2 Å². The van der Waals surface area contributed by atoms with Crippen LogP contribution in [0.15, 0.2) is 65.6 Å². The third-order valence-corrected chi connectivity index (χ3v) is 9.35. The molecule has 1 aliphatic rings. The molecule has 0 aliphatic carbocycles. The molecule has 1 aliphatic heterocycles. The van der Waals surface area contributed by atoms with Crippen LogP contribution < -0.4 is 4.90 Å². The summed E-state index contributed by atoms with van der Waals surface area (Å²) >= 11 is 0. The molecule has 0 saturated carbocycles. The minimum Gasteiger partial charge on any atom is -0.353 e. The molecule has 1 fully saturated rings. The Kier molecular flexibility index (Phi) is 10.4. The Morgan fingerprint density at radius 1 is 0.878 bits per heavy atom. The van der Waals surface area contributed by atoms with E-state index in [1.807, 2.05) is 32.9 Å². The summed E-state index contributed by atoms with van der Waals surface area (Å²) in [4.78, 5) is 19.6. The van der Waals surface area contributed by atoms with Crippen LogP contribution in [-0.4, -0.2) is 97.5 Å². The van der Waals surface area contributed by atoms with Gasteiger partial charge in [-0.05, 0) is 75.0 Å². The van der Waals surface area contributed by atoms with Gasteiger partial charge in [-0.25, -0.2) is 12.8 Å². The molecule has 0 radical (unpaired) electrons. The van der Waals surface area contributed by atoms with E-state index in [9.17, 15) is 17.6 Å². The molecular formula is C30H39FN6O3S. The number of amides is 1. The van der Waals surface area contributed by atoms with Gasteiger partial charge in [0.25, 0.3) is 0 Å². The van der Waals surface area contributed by atoms with Gasteiger partial charge in [0.05, 0.1) is 17.1 Å². The van der Waals surface area contributed by atoms with Crippen LogP contribution >= 0.6 is 0 Å². The number of aromatic nitrogens is 2. The van der Waals surface area contributed by atoms with E-state index >= 15 is 0 Å². The second-order valence-electron chi connectivity index (χ2n) is 10.2. The summed E-state index contributed by atoms with van der Waals surface area (Å²) in [5, 5.41) is 8.69. The summed E-state index contributed by atoms with van der Waals surface area (Å²) < 4.78 is 41.8. The van der Waals surface area contributed by atoms with E-state index in [1.54, 1.807) is 41.3 Å². The number of benzene rings is 2. The highest BCUT2D eigenvalue weighted by molar-refractivity contribution is 7.89. The number of aryl methyl sites for hydroxylation is 1. The smallest absolute Gasteiger partial charge is 0.243 e. The maximum Gasteiger partial charge on any atom is 0.243 e. The minimum atomic E-state index is -3.85. The summed E-state index contributed by atoms with van der Waals surface area (Å²) in [6.45, 7) is 10.4. The number of rotatable bonds is 11. The van der Waals surface area contributed by atoms with Crippen molar-refractivity contribution in [3.63, 3.8) is 0 Å². The number of carbonyl (C=O) groups is 1. The minimum absolute atomic E-state index is 0.195.